The van der Waals surface area contributed by atoms with Gasteiger partial charge in [0.15, 0.2) is 0 Å². The molecule has 2 saturated heterocycles. The van der Waals surface area contributed by atoms with Crippen LogP contribution in [-0.2, 0) is 14.3 Å². The Bertz CT molecular complexity index is 915. The monoisotopic (exact) mass is 413 g/mol. The van der Waals surface area contributed by atoms with Crippen molar-refractivity contribution in [3.8, 4) is 0 Å². The first-order valence-corrected chi connectivity index (χ1v) is 10.7. The molecule has 4 rings (SSSR count). The van der Waals surface area contributed by atoms with Crippen molar-refractivity contribution in [1.82, 2.24) is 4.90 Å². The van der Waals surface area contributed by atoms with E-state index in [9.17, 15) is 14.7 Å². The van der Waals surface area contributed by atoms with Crippen LogP contribution >= 0.6 is 11.3 Å². The molecule has 2 aliphatic heterocycles. The fourth-order valence-electron chi connectivity index (χ4n) is 3.91. The van der Waals surface area contributed by atoms with Crippen molar-refractivity contribution >= 4 is 28.8 Å². The van der Waals surface area contributed by atoms with Gasteiger partial charge >= 0.3 is 0 Å². The van der Waals surface area contributed by atoms with Crippen LogP contribution in [0.2, 0.25) is 0 Å². The summed E-state index contributed by atoms with van der Waals surface area (Å²) in [6.07, 6.45) is 0. The zero-order valence-electron chi connectivity index (χ0n) is 16.4. The molecule has 0 spiro atoms. The quantitative estimate of drug-likeness (QED) is 0.442. The average Bonchev–Trinajstić information content (AvgIpc) is 3.35. The number of thiophene rings is 1. The van der Waals surface area contributed by atoms with Gasteiger partial charge in [-0.2, -0.15) is 0 Å². The number of aliphatic hydroxyl groups excluding tert-OH is 1. The number of quaternary nitrogens is 1. The Hall–Kier alpha value is -2.48. The molecule has 1 atom stereocenters. The third-order valence-corrected chi connectivity index (χ3v) is 6.51. The minimum Gasteiger partial charge on any atom is -0.507 e. The second-order valence-electron chi connectivity index (χ2n) is 7.49. The fourth-order valence-corrected chi connectivity index (χ4v) is 4.75. The number of Topliss-reactive ketones (excluding diaryl/α,β-unsaturated/α-hetero) is 1. The van der Waals surface area contributed by atoms with Crippen LogP contribution in [0.5, 0.6) is 0 Å². The smallest absolute Gasteiger partial charge is 0.295 e. The average molecular weight is 414 g/mol. The Morgan fingerprint density at radius 2 is 1.93 bits per heavy atom. The molecular formula is C22H25N2O4S+. The van der Waals surface area contributed by atoms with Crippen LogP contribution in [0.3, 0.4) is 0 Å². The molecule has 2 N–H and O–H groups in total. The first-order valence-electron chi connectivity index (χ1n) is 9.86. The second kappa shape index (κ2) is 8.49. The summed E-state index contributed by atoms with van der Waals surface area (Å²) in [5.74, 6) is -1.26. The number of nitrogens with one attached hydrogen (secondary N) is 1. The van der Waals surface area contributed by atoms with E-state index >= 15 is 0 Å². The van der Waals surface area contributed by atoms with Gasteiger partial charge in [-0.3, -0.25) is 9.59 Å². The number of hydrogen-bond acceptors (Lipinski definition) is 5. The van der Waals surface area contributed by atoms with Crippen LogP contribution in [0.1, 0.15) is 22.0 Å². The molecule has 0 aliphatic carbocycles. The van der Waals surface area contributed by atoms with E-state index in [-0.39, 0.29) is 11.3 Å². The van der Waals surface area contributed by atoms with Gasteiger partial charge < -0.3 is 19.6 Å². The van der Waals surface area contributed by atoms with Gasteiger partial charge in [-0.15, -0.1) is 11.3 Å². The number of likely N-dealkylation sites (tertiary alicyclic amines) is 1. The zero-order valence-corrected chi connectivity index (χ0v) is 17.2. The molecule has 7 heteroatoms. The van der Waals surface area contributed by atoms with Crippen LogP contribution in [0.4, 0.5) is 0 Å². The van der Waals surface area contributed by atoms with Gasteiger partial charge in [0.2, 0.25) is 0 Å². The van der Waals surface area contributed by atoms with Crippen molar-refractivity contribution in [1.29, 1.82) is 0 Å². The van der Waals surface area contributed by atoms with Crippen LogP contribution in [0, 0.1) is 6.92 Å². The van der Waals surface area contributed by atoms with Gasteiger partial charge in [0, 0.05) is 10.4 Å². The molecule has 0 bridgehead atoms. The first kappa shape index (κ1) is 19.8. The van der Waals surface area contributed by atoms with Gasteiger partial charge in [0.1, 0.15) is 18.8 Å². The highest BCUT2D eigenvalue weighted by Gasteiger charge is 2.46. The Labute approximate surface area is 174 Å². The molecule has 29 heavy (non-hydrogen) atoms. The fraction of sp³-hybridized carbons (Fsp3) is 0.364. The highest BCUT2D eigenvalue weighted by Crippen LogP contribution is 2.40. The summed E-state index contributed by atoms with van der Waals surface area (Å²) in [6, 6.07) is 10.6. The molecule has 2 aliphatic rings. The summed E-state index contributed by atoms with van der Waals surface area (Å²) in [5, 5.41) is 12.9. The van der Waals surface area contributed by atoms with E-state index in [4.69, 9.17) is 4.74 Å². The van der Waals surface area contributed by atoms with Crippen molar-refractivity contribution < 1.29 is 24.3 Å². The summed E-state index contributed by atoms with van der Waals surface area (Å²) in [6.45, 7) is 6.41. The van der Waals surface area contributed by atoms with Crippen molar-refractivity contribution in [2.24, 2.45) is 0 Å². The number of hydrogen-bond donors (Lipinski definition) is 2. The number of ether oxygens (including phenoxy) is 1. The van der Waals surface area contributed by atoms with E-state index in [1.807, 2.05) is 36.6 Å². The standard InChI is InChI=1S/C22H24N2O4S/c1-15-4-6-16(7-5-15)20(25)18-19(17-3-2-14-29-17)24(22(27)21(18)26)9-8-23-10-12-28-13-11-23/h2-7,14,19,25H,8-13H2,1H3/p+1. The van der Waals surface area contributed by atoms with E-state index in [1.165, 1.54) is 16.2 Å². The summed E-state index contributed by atoms with van der Waals surface area (Å²) < 4.78 is 5.40. The first-order chi connectivity index (χ1) is 14.1. The van der Waals surface area contributed by atoms with Crippen LogP contribution < -0.4 is 4.90 Å². The number of aryl methyl sites for hydroxylation is 1. The molecule has 2 fully saturated rings. The Balaban J connectivity index is 1.68. The molecule has 152 valence electrons. The third-order valence-electron chi connectivity index (χ3n) is 5.58. The maximum Gasteiger partial charge on any atom is 0.295 e. The molecule has 1 unspecified atom stereocenters. The topological polar surface area (TPSA) is 71.3 Å². The van der Waals surface area contributed by atoms with Crippen LogP contribution in [0.15, 0.2) is 47.4 Å². The predicted octanol–water partition coefficient (Wildman–Crippen LogP) is 1.39. The van der Waals surface area contributed by atoms with E-state index in [1.54, 1.807) is 17.0 Å². The van der Waals surface area contributed by atoms with E-state index in [2.05, 4.69) is 0 Å². The van der Waals surface area contributed by atoms with Gasteiger partial charge in [0.25, 0.3) is 11.7 Å². The van der Waals surface area contributed by atoms with Crippen molar-refractivity contribution in [2.75, 3.05) is 39.4 Å². The van der Waals surface area contributed by atoms with Crippen LogP contribution in [0.25, 0.3) is 5.76 Å². The highest BCUT2D eigenvalue weighted by atomic mass is 32.1. The van der Waals surface area contributed by atoms with Crippen molar-refractivity contribution in [3.63, 3.8) is 0 Å². The molecular weight excluding hydrogens is 388 g/mol. The van der Waals surface area contributed by atoms with E-state index in [0.29, 0.717) is 12.1 Å². The lowest BCUT2D eigenvalue weighted by molar-refractivity contribution is -0.907. The summed E-state index contributed by atoms with van der Waals surface area (Å²) in [5.41, 5.74) is 1.79. The number of carbonyl (C=O) groups excluding carboxylic acids is 2. The molecule has 0 saturated carbocycles. The lowest BCUT2D eigenvalue weighted by atomic mass is 9.99. The number of carbonyl (C=O) groups is 2. The summed E-state index contributed by atoms with van der Waals surface area (Å²) in [4.78, 5) is 29.7. The maximum absolute atomic E-state index is 12.9. The Morgan fingerprint density at radius 1 is 1.21 bits per heavy atom. The number of rotatable bonds is 5. The number of morpholine rings is 1. The molecule has 1 aromatic carbocycles. The lowest BCUT2D eigenvalue weighted by Gasteiger charge is -2.28. The van der Waals surface area contributed by atoms with E-state index in [0.717, 1.165) is 43.3 Å². The second-order valence-corrected chi connectivity index (χ2v) is 8.47. The van der Waals surface area contributed by atoms with Crippen molar-refractivity contribution in [2.45, 2.75) is 13.0 Å². The van der Waals surface area contributed by atoms with Crippen LogP contribution in [-0.4, -0.2) is 61.1 Å². The summed E-state index contributed by atoms with van der Waals surface area (Å²) in [7, 11) is 0. The minimum absolute atomic E-state index is 0.108. The van der Waals surface area contributed by atoms with Gasteiger partial charge in [-0.1, -0.05) is 35.9 Å². The molecule has 6 nitrogen and oxygen atoms in total. The number of nitrogens with zero attached hydrogens (tertiary/aromatic N) is 1. The lowest BCUT2D eigenvalue weighted by Crippen LogP contribution is -3.14. The normalized spacial score (nSPS) is 22.4. The largest absolute Gasteiger partial charge is 0.507 e. The van der Waals surface area contributed by atoms with Gasteiger partial charge in [0.05, 0.1) is 37.9 Å². The predicted molar refractivity (Wildman–Crippen MR) is 111 cm³/mol. The van der Waals surface area contributed by atoms with E-state index < -0.39 is 17.7 Å². The summed E-state index contributed by atoms with van der Waals surface area (Å²) >= 11 is 1.49. The number of aliphatic hydroxyl groups is 1. The number of amides is 1. The highest BCUT2D eigenvalue weighted by molar-refractivity contribution is 7.10. The minimum atomic E-state index is -0.613. The Kier molecular flexibility index (Phi) is 5.80. The third kappa shape index (κ3) is 3.99. The SMILES string of the molecule is Cc1ccc(C(O)=C2C(=O)C(=O)N(CC[NH+]3CCOCC3)C2c2cccs2)cc1. The molecule has 1 amide bonds. The van der Waals surface area contributed by atoms with Gasteiger partial charge in [-0.25, -0.2) is 0 Å². The molecule has 3 heterocycles. The maximum atomic E-state index is 12.9. The van der Waals surface area contributed by atoms with Crippen molar-refractivity contribution in [3.05, 3.63) is 63.4 Å². The van der Waals surface area contributed by atoms with Gasteiger partial charge in [-0.05, 0) is 18.4 Å². The molecule has 2 aromatic rings. The number of ketones is 1. The zero-order chi connectivity index (χ0) is 20.4. The number of benzene rings is 1. The molecule has 0 radical (unpaired) electrons. The molecule has 1 aromatic heterocycles. The Morgan fingerprint density at radius 3 is 2.59 bits per heavy atom.